The molecule has 3 aliphatic rings. The second-order valence-corrected chi connectivity index (χ2v) is 8.04. The standard InChI is InChI=1S/C24H23N3O3/c28-22-19-11-2-3-12-20(19)24(30)27(25-22)18-10-5-8-17(15-18)23(29)26-14-6-9-16-7-1-4-13-21(16)26/h1-5,7-8,10,13,15,19-20H,6,9,11-12,14H2,(H,25,28). The van der Waals surface area contributed by atoms with Crippen LogP contribution in [-0.4, -0.2) is 24.3 Å². The second-order valence-electron chi connectivity index (χ2n) is 8.04. The molecule has 2 atom stereocenters. The minimum Gasteiger partial charge on any atom is -0.308 e. The lowest BCUT2D eigenvalue weighted by Crippen LogP contribution is -2.59. The predicted molar refractivity (Wildman–Crippen MR) is 114 cm³/mol. The summed E-state index contributed by atoms with van der Waals surface area (Å²) in [5.41, 5.74) is 5.85. The third kappa shape index (κ3) is 3.09. The van der Waals surface area contributed by atoms with E-state index in [1.54, 1.807) is 29.2 Å². The number of amides is 3. The van der Waals surface area contributed by atoms with Crippen LogP contribution in [0.5, 0.6) is 0 Å². The SMILES string of the molecule is O=C1NN(c2cccc(C(=O)N3CCCc4ccccc43)c2)C(=O)C2CC=CCC12. The van der Waals surface area contributed by atoms with E-state index < -0.39 is 0 Å². The minimum absolute atomic E-state index is 0.0988. The molecule has 152 valence electrons. The molecule has 0 aromatic heterocycles. The highest BCUT2D eigenvalue weighted by Gasteiger charge is 2.42. The molecular weight excluding hydrogens is 378 g/mol. The van der Waals surface area contributed by atoms with Crippen LogP contribution in [0.4, 0.5) is 11.4 Å². The molecule has 2 aromatic rings. The van der Waals surface area contributed by atoms with Crippen LogP contribution >= 0.6 is 0 Å². The Morgan fingerprint density at radius 1 is 0.967 bits per heavy atom. The summed E-state index contributed by atoms with van der Waals surface area (Å²) >= 11 is 0. The number of hydrazine groups is 1. The summed E-state index contributed by atoms with van der Waals surface area (Å²) in [6.45, 7) is 0.662. The number of nitrogens with one attached hydrogen (secondary N) is 1. The Kier molecular flexibility index (Phi) is 4.62. The number of aryl methyl sites for hydroxylation is 1. The molecule has 2 aliphatic heterocycles. The highest BCUT2D eigenvalue weighted by Crippen LogP contribution is 2.33. The molecule has 3 amide bonds. The Labute approximate surface area is 175 Å². The maximum atomic E-state index is 13.3. The molecule has 1 fully saturated rings. The van der Waals surface area contributed by atoms with Crippen molar-refractivity contribution in [1.82, 2.24) is 5.43 Å². The van der Waals surface area contributed by atoms with Gasteiger partial charge in [0.05, 0.1) is 17.5 Å². The molecule has 6 heteroatoms. The van der Waals surface area contributed by atoms with Crippen molar-refractivity contribution >= 4 is 29.1 Å². The number of carbonyl (C=O) groups excluding carboxylic acids is 3. The Morgan fingerprint density at radius 2 is 1.77 bits per heavy atom. The van der Waals surface area contributed by atoms with Crippen molar-refractivity contribution in [3.8, 4) is 0 Å². The number of fused-ring (bicyclic) bond motifs is 2. The van der Waals surface area contributed by atoms with Crippen molar-refractivity contribution < 1.29 is 14.4 Å². The van der Waals surface area contributed by atoms with Gasteiger partial charge in [0.1, 0.15) is 0 Å². The van der Waals surface area contributed by atoms with Gasteiger partial charge in [-0.25, -0.2) is 5.01 Å². The lowest BCUT2D eigenvalue weighted by Gasteiger charge is -2.38. The van der Waals surface area contributed by atoms with E-state index in [1.165, 1.54) is 10.6 Å². The van der Waals surface area contributed by atoms with Gasteiger partial charge in [0.25, 0.3) is 5.91 Å². The average molecular weight is 401 g/mol. The summed E-state index contributed by atoms with van der Waals surface area (Å²) in [4.78, 5) is 40.7. The van der Waals surface area contributed by atoms with Gasteiger partial charge in [-0.3, -0.25) is 19.8 Å². The maximum absolute atomic E-state index is 13.3. The van der Waals surface area contributed by atoms with Crippen molar-refractivity contribution in [3.05, 3.63) is 71.8 Å². The lowest BCUT2D eigenvalue weighted by atomic mass is 9.80. The van der Waals surface area contributed by atoms with Crippen molar-refractivity contribution in [2.45, 2.75) is 25.7 Å². The summed E-state index contributed by atoms with van der Waals surface area (Å²) in [5.74, 6) is -1.04. The van der Waals surface area contributed by atoms with E-state index in [0.717, 1.165) is 18.5 Å². The topological polar surface area (TPSA) is 69.7 Å². The number of para-hydroxylation sites is 1. The van der Waals surface area contributed by atoms with Gasteiger partial charge >= 0.3 is 0 Å². The minimum atomic E-state index is -0.350. The highest BCUT2D eigenvalue weighted by atomic mass is 16.2. The Bertz CT molecular complexity index is 1060. The van der Waals surface area contributed by atoms with E-state index in [1.807, 2.05) is 30.4 Å². The zero-order valence-corrected chi connectivity index (χ0v) is 16.6. The lowest BCUT2D eigenvalue weighted by molar-refractivity contribution is -0.139. The summed E-state index contributed by atoms with van der Waals surface area (Å²) in [6, 6.07) is 14.9. The van der Waals surface area contributed by atoms with Crippen LogP contribution in [0.3, 0.4) is 0 Å². The van der Waals surface area contributed by atoms with E-state index >= 15 is 0 Å². The first-order chi connectivity index (χ1) is 14.6. The normalized spacial score (nSPS) is 22.9. The third-order valence-corrected chi connectivity index (χ3v) is 6.24. The van der Waals surface area contributed by atoms with Crippen LogP contribution in [-0.2, 0) is 16.0 Å². The van der Waals surface area contributed by atoms with Crippen LogP contribution in [0.15, 0.2) is 60.7 Å². The molecule has 2 aromatic carbocycles. The van der Waals surface area contributed by atoms with Gasteiger partial charge in [-0.2, -0.15) is 0 Å². The number of hydrogen-bond donors (Lipinski definition) is 1. The summed E-state index contributed by atoms with van der Waals surface area (Å²) in [7, 11) is 0. The maximum Gasteiger partial charge on any atom is 0.258 e. The first-order valence-electron chi connectivity index (χ1n) is 10.4. The number of rotatable bonds is 2. The van der Waals surface area contributed by atoms with Crippen molar-refractivity contribution in [2.75, 3.05) is 16.5 Å². The van der Waals surface area contributed by atoms with Gasteiger partial charge in [0.2, 0.25) is 11.8 Å². The van der Waals surface area contributed by atoms with Crippen molar-refractivity contribution in [2.24, 2.45) is 11.8 Å². The Morgan fingerprint density at radius 3 is 2.63 bits per heavy atom. The number of carbonyl (C=O) groups is 3. The zero-order valence-electron chi connectivity index (χ0n) is 16.6. The van der Waals surface area contributed by atoms with Crippen LogP contribution in [0.1, 0.15) is 35.2 Å². The zero-order chi connectivity index (χ0) is 20.7. The molecule has 1 N–H and O–H groups in total. The number of hydrogen-bond acceptors (Lipinski definition) is 3. The summed E-state index contributed by atoms with van der Waals surface area (Å²) in [5, 5.41) is 1.31. The quantitative estimate of drug-likeness (QED) is 0.786. The first-order valence-corrected chi connectivity index (χ1v) is 10.4. The largest absolute Gasteiger partial charge is 0.308 e. The number of nitrogens with zero attached hydrogens (tertiary/aromatic N) is 2. The first kappa shape index (κ1) is 18.6. The number of benzene rings is 2. The Balaban J connectivity index is 1.44. The van der Waals surface area contributed by atoms with Crippen LogP contribution < -0.4 is 15.3 Å². The van der Waals surface area contributed by atoms with Crippen LogP contribution in [0.2, 0.25) is 0 Å². The van der Waals surface area contributed by atoms with Gasteiger partial charge in [0.15, 0.2) is 0 Å². The molecule has 0 spiro atoms. The van der Waals surface area contributed by atoms with E-state index in [4.69, 9.17) is 0 Å². The monoisotopic (exact) mass is 401 g/mol. The van der Waals surface area contributed by atoms with Gasteiger partial charge in [0, 0.05) is 17.8 Å². The van der Waals surface area contributed by atoms with E-state index in [9.17, 15) is 14.4 Å². The third-order valence-electron chi connectivity index (χ3n) is 6.24. The highest BCUT2D eigenvalue weighted by molar-refractivity contribution is 6.09. The number of allylic oxidation sites excluding steroid dienone is 2. The van der Waals surface area contributed by atoms with Crippen LogP contribution in [0.25, 0.3) is 0 Å². The predicted octanol–water partition coefficient (Wildman–Crippen LogP) is 3.24. The van der Waals surface area contributed by atoms with Gasteiger partial charge in [-0.05, 0) is 55.5 Å². The smallest absolute Gasteiger partial charge is 0.258 e. The molecule has 1 aliphatic carbocycles. The fraction of sp³-hybridized carbons (Fsp3) is 0.292. The Hall–Kier alpha value is -3.41. The van der Waals surface area contributed by atoms with Crippen molar-refractivity contribution in [1.29, 1.82) is 0 Å². The molecule has 0 saturated carbocycles. The molecule has 2 unspecified atom stereocenters. The molecule has 0 radical (unpaired) electrons. The second kappa shape index (κ2) is 7.44. The van der Waals surface area contributed by atoms with Gasteiger partial charge < -0.3 is 4.90 Å². The fourth-order valence-electron chi connectivity index (χ4n) is 4.66. The van der Waals surface area contributed by atoms with E-state index in [0.29, 0.717) is 30.6 Å². The molecule has 1 saturated heterocycles. The summed E-state index contributed by atoms with van der Waals surface area (Å²) < 4.78 is 0. The molecule has 5 rings (SSSR count). The van der Waals surface area contributed by atoms with E-state index in [2.05, 4.69) is 11.5 Å². The molecule has 30 heavy (non-hydrogen) atoms. The van der Waals surface area contributed by atoms with E-state index in [-0.39, 0.29) is 29.6 Å². The van der Waals surface area contributed by atoms with Crippen molar-refractivity contribution in [3.63, 3.8) is 0 Å². The molecular formula is C24H23N3O3. The van der Waals surface area contributed by atoms with Crippen LogP contribution in [0, 0.1) is 11.8 Å². The molecule has 2 heterocycles. The number of anilines is 2. The summed E-state index contributed by atoms with van der Waals surface area (Å²) in [6.07, 6.45) is 6.95. The van der Waals surface area contributed by atoms with Gasteiger partial charge in [-0.1, -0.05) is 36.4 Å². The molecule has 6 nitrogen and oxygen atoms in total. The fourth-order valence-corrected chi connectivity index (χ4v) is 4.66. The van der Waals surface area contributed by atoms with Gasteiger partial charge in [-0.15, -0.1) is 0 Å². The molecule has 0 bridgehead atoms. The average Bonchev–Trinajstić information content (AvgIpc) is 2.80.